The van der Waals surface area contributed by atoms with Crippen molar-refractivity contribution in [2.24, 2.45) is 7.05 Å². The number of aromatic nitrogens is 3. The molecule has 1 aromatic carbocycles. The van der Waals surface area contributed by atoms with Crippen molar-refractivity contribution in [2.75, 3.05) is 0 Å². The molecule has 1 N–H and O–H groups in total. The summed E-state index contributed by atoms with van der Waals surface area (Å²) < 4.78 is 17.0. The summed E-state index contributed by atoms with van der Waals surface area (Å²) in [6.45, 7) is 13.6. The van der Waals surface area contributed by atoms with E-state index >= 15 is 0 Å². The summed E-state index contributed by atoms with van der Waals surface area (Å²) in [5, 5.41) is 1.50. The fraction of sp³-hybridized carbons (Fsp3) is 0.476. The maximum absolute atomic E-state index is 13.2. The highest BCUT2D eigenvalue weighted by Crippen LogP contribution is 2.29. The molecule has 0 saturated carbocycles. The lowest BCUT2D eigenvalue weighted by atomic mass is 10.0. The first-order chi connectivity index (χ1) is 13.4. The van der Waals surface area contributed by atoms with E-state index in [1.54, 1.807) is 23.0 Å². The maximum Gasteiger partial charge on any atom is 0.261 e. The highest BCUT2D eigenvalue weighted by Gasteiger charge is 2.29. The Labute approximate surface area is 178 Å². The van der Waals surface area contributed by atoms with Gasteiger partial charge in [-0.25, -0.2) is 9.97 Å². The topological polar surface area (TPSA) is 82.9 Å². The summed E-state index contributed by atoms with van der Waals surface area (Å²) in [4.78, 5) is 23.7. The molecule has 0 spiro atoms. The molecule has 156 valence electrons. The van der Waals surface area contributed by atoms with Crippen LogP contribution in [-0.2, 0) is 18.4 Å². The van der Waals surface area contributed by atoms with E-state index in [0.717, 1.165) is 26.7 Å². The van der Waals surface area contributed by atoms with Crippen LogP contribution in [0.5, 0.6) is 0 Å². The molecule has 0 bridgehead atoms. The third kappa shape index (κ3) is 4.26. The molecule has 2 aromatic heterocycles. The average molecular weight is 433 g/mol. The van der Waals surface area contributed by atoms with Crippen molar-refractivity contribution in [3.05, 3.63) is 43.5 Å². The monoisotopic (exact) mass is 432 g/mol. The Bertz CT molecular complexity index is 1130. The summed E-state index contributed by atoms with van der Waals surface area (Å²) in [6.07, 6.45) is 0. The number of nitrogens with one attached hydrogen (secondary N) is 1. The molecule has 0 amide bonds. The number of hydrogen-bond donors (Lipinski definition) is 1. The fourth-order valence-electron chi connectivity index (χ4n) is 3.23. The second-order valence-corrected chi connectivity index (χ2v) is 11.8. The van der Waals surface area contributed by atoms with Gasteiger partial charge in [-0.15, -0.1) is 16.1 Å². The van der Waals surface area contributed by atoms with Gasteiger partial charge in [-0.05, 0) is 60.1 Å². The van der Waals surface area contributed by atoms with Gasteiger partial charge in [0, 0.05) is 28.9 Å². The lowest BCUT2D eigenvalue weighted by Gasteiger charge is -2.27. The highest BCUT2D eigenvalue weighted by molar-refractivity contribution is 7.90. The molecular formula is C21H28N4O2S2. The van der Waals surface area contributed by atoms with Crippen LogP contribution in [0.3, 0.4) is 0 Å². The predicted octanol–water partition coefficient (Wildman–Crippen LogP) is 4.10. The number of benzene rings is 1. The van der Waals surface area contributed by atoms with Gasteiger partial charge in [-0.1, -0.05) is 6.07 Å². The number of rotatable bonds is 4. The Balaban J connectivity index is 2.23. The van der Waals surface area contributed by atoms with Crippen LogP contribution < -0.4 is 10.3 Å². The summed E-state index contributed by atoms with van der Waals surface area (Å²) in [6, 6.07) is 3.64. The zero-order chi connectivity index (χ0) is 21.7. The molecule has 2 atom stereocenters. The normalized spacial score (nSPS) is 14.4. The van der Waals surface area contributed by atoms with E-state index in [4.69, 9.17) is 4.98 Å². The van der Waals surface area contributed by atoms with Crippen LogP contribution in [0.15, 0.2) is 16.9 Å². The van der Waals surface area contributed by atoms with Crippen molar-refractivity contribution in [3.63, 3.8) is 0 Å². The van der Waals surface area contributed by atoms with Gasteiger partial charge < -0.3 is 4.55 Å². The van der Waals surface area contributed by atoms with Crippen molar-refractivity contribution in [2.45, 2.75) is 59.3 Å². The standard InChI is InChI=1S/C21H28N4O2S2/c1-11-9-15(12(2)24-29(27)21(5,6)7)18-16(10-11)20(26)25(8)19(23-18)17-13(3)28-14(4)22-17/h9-10,12,24H,1-8H3. The lowest BCUT2D eigenvalue weighted by molar-refractivity contribution is 0.531. The van der Waals surface area contributed by atoms with Gasteiger partial charge in [0.25, 0.3) is 5.56 Å². The lowest BCUT2D eigenvalue weighted by Crippen LogP contribution is -2.40. The van der Waals surface area contributed by atoms with Crippen molar-refractivity contribution >= 4 is 33.6 Å². The summed E-state index contributed by atoms with van der Waals surface area (Å²) in [7, 11) is 1.73. The molecule has 0 aliphatic rings. The van der Waals surface area contributed by atoms with Crippen molar-refractivity contribution in [3.8, 4) is 11.5 Å². The van der Waals surface area contributed by atoms with Crippen molar-refractivity contribution in [1.29, 1.82) is 0 Å². The minimum Gasteiger partial charge on any atom is -0.598 e. The molecule has 0 fully saturated rings. The molecule has 3 aromatic rings. The number of aryl methyl sites for hydroxylation is 3. The Hall–Kier alpha value is -1.74. The second-order valence-electron chi connectivity index (χ2n) is 8.41. The molecule has 2 heterocycles. The Morgan fingerprint density at radius 1 is 1.21 bits per heavy atom. The molecule has 0 saturated heterocycles. The van der Waals surface area contributed by atoms with Crippen LogP contribution in [0.1, 0.15) is 54.7 Å². The maximum atomic E-state index is 13.2. The van der Waals surface area contributed by atoms with Gasteiger partial charge in [-0.2, -0.15) is 0 Å². The Morgan fingerprint density at radius 3 is 2.41 bits per heavy atom. The Kier molecular flexibility index (Phi) is 5.93. The molecule has 0 aliphatic carbocycles. The van der Waals surface area contributed by atoms with Gasteiger partial charge in [-0.3, -0.25) is 9.36 Å². The first kappa shape index (κ1) is 22.0. The van der Waals surface area contributed by atoms with E-state index in [1.807, 2.05) is 60.6 Å². The second kappa shape index (κ2) is 7.83. The quantitative estimate of drug-likeness (QED) is 0.628. The molecule has 8 heteroatoms. The predicted molar refractivity (Wildman–Crippen MR) is 122 cm³/mol. The number of thiazole rings is 1. The third-order valence-corrected chi connectivity index (χ3v) is 7.34. The average Bonchev–Trinajstić information content (AvgIpc) is 2.95. The molecule has 6 nitrogen and oxygen atoms in total. The molecule has 3 rings (SSSR count). The SMILES string of the molecule is Cc1cc(C(C)N[S+]([O-])C(C)(C)C)c2nc(-c3nc(C)sc3C)n(C)c(=O)c2c1. The van der Waals surface area contributed by atoms with E-state index in [-0.39, 0.29) is 11.6 Å². The first-order valence-corrected chi connectivity index (χ1v) is 11.5. The van der Waals surface area contributed by atoms with Gasteiger partial charge in [0.05, 0.1) is 22.0 Å². The van der Waals surface area contributed by atoms with E-state index in [1.165, 1.54) is 0 Å². The van der Waals surface area contributed by atoms with Crippen LogP contribution in [0.2, 0.25) is 0 Å². The van der Waals surface area contributed by atoms with E-state index < -0.39 is 16.1 Å². The van der Waals surface area contributed by atoms with Crippen LogP contribution in [-0.4, -0.2) is 23.8 Å². The van der Waals surface area contributed by atoms with Crippen molar-refractivity contribution < 1.29 is 4.55 Å². The van der Waals surface area contributed by atoms with Crippen LogP contribution in [0, 0.1) is 20.8 Å². The molecule has 0 aliphatic heterocycles. The number of fused-ring (bicyclic) bond motifs is 1. The number of nitrogens with zero attached hydrogens (tertiary/aromatic N) is 3. The number of hydrogen-bond acceptors (Lipinski definition) is 6. The summed E-state index contributed by atoms with van der Waals surface area (Å²) >= 11 is 0.348. The zero-order valence-corrected chi connectivity index (χ0v) is 19.8. The first-order valence-electron chi connectivity index (χ1n) is 9.54. The van der Waals surface area contributed by atoms with Crippen LogP contribution in [0.4, 0.5) is 0 Å². The van der Waals surface area contributed by atoms with E-state index in [9.17, 15) is 9.35 Å². The minimum atomic E-state index is -1.24. The Morgan fingerprint density at radius 2 is 1.86 bits per heavy atom. The van der Waals surface area contributed by atoms with Gasteiger partial charge in [0.1, 0.15) is 10.4 Å². The minimum absolute atomic E-state index is 0.107. The van der Waals surface area contributed by atoms with Gasteiger partial charge >= 0.3 is 0 Å². The fourth-order valence-corrected chi connectivity index (χ4v) is 4.85. The molecule has 29 heavy (non-hydrogen) atoms. The molecular weight excluding hydrogens is 404 g/mol. The summed E-state index contributed by atoms with van der Waals surface area (Å²) in [5.41, 5.74) is 3.09. The van der Waals surface area contributed by atoms with Crippen molar-refractivity contribution in [1.82, 2.24) is 19.3 Å². The van der Waals surface area contributed by atoms with Gasteiger partial charge in [0.2, 0.25) is 0 Å². The van der Waals surface area contributed by atoms with Crippen LogP contribution >= 0.6 is 11.3 Å². The summed E-state index contributed by atoms with van der Waals surface area (Å²) in [5.74, 6) is 0.554. The highest BCUT2D eigenvalue weighted by atomic mass is 32.2. The molecule has 2 unspecified atom stereocenters. The van der Waals surface area contributed by atoms with Gasteiger partial charge in [0.15, 0.2) is 5.82 Å². The van der Waals surface area contributed by atoms with E-state index in [2.05, 4.69) is 9.71 Å². The third-order valence-electron chi connectivity index (χ3n) is 4.78. The van der Waals surface area contributed by atoms with Crippen LogP contribution in [0.25, 0.3) is 22.4 Å². The largest absolute Gasteiger partial charge is 0.598 e. The smallest absolute Gasteiger partial charge is 0.261 e. The molecule has 0 radical (unpaired) electrons. The zero-order valence-electron chi connectivity index (χ0n) is 18.2. The van der Waals surface area contributed by atoms with E-state index in [0.29, 0.717) is 16.7 Å².